The molecule has 5 rings (SSSR count). The summed E-state index contributed by atoms with van der Waals surface area (Å²) < 4.78 is 0. The molecule has 0 spiro atoms. The molecule has 0 bridgehead atoms. The van der Waals surface area contributed by atoms with Gasteiger partial charge in [0.25, 0.3) is 0 Å². The van der Waals surface area contributed by atoms with Gasteiger partial charge in [-0.2, -0.15) is 0 Å². The van der Waals surface area contributed by atoms with Crippen molar-refractivity contribution >= 4 is 28.6 Å². The largest absolute Gasteiger partial charge is 0.361 e. The molecule has 0 radical (unpaired) electrons. The highest BCUT2D eigenvalue weighted by Crippen LogP contribution is 2.28. The van der Waals surface area contributed by atoms with E-state index in [0.29, 0.717) is 5.95 Å². The summed E-state index contributed by atoms with van der Waals surface area (Å²) in [5.74, 6) is 2.27. The van der Waals surface area contributed by atoms with E-state index in [2.05, 4.69) is 58.7 Å². The van der Waals surface area contributed by atoms with E-state index in [9.17, 15) is 0 Å². The maximum atomic E-state index is 4.67. The first-order chi connectivity index (χ1) is 15.7. The Kier molecular flexibility index (Phi) is 5.66. The molecule has 9 heteroatoms. The van der Waals surface area contributed by atoms with Crippen molar-refractivity contribution in [1.29, 1.82) is 0 Å². The van der Waals surface area contributed by atoms with E-state index < -0.39 is 0 Å². The molecule has 1 fully saturated rings. The second-order valence-corrected chi connectivity index (χ2v) is 8.14. The van der Waals surface area contributed by atoms with E-state index in [4.69, 9.17) is 0 Å². The van der Waals surface area contributed by atoms with E-state index in [1.807, 2.05) is 37.3 Å². The minimum Gasteiger partial charge on any atom is -0.361 e. The molecule has 1 aliphatic rings. The predicted octanol–water partition coefficient (Wildman–Crippen LogP) is 2.63. The van der Waals surface area contributed by atoms with Gasteiger partial charge < -0.3 is 20.5 Å². The predicted molar refractivity (Wildman–Crippen MR) is 127 cm³/mol. The van der Waals surface area contributed by atoms with Crippen molar-refractivity contribution in [2.75, 3.05) is 50.5 Å². The van der Waals surface area contributed by atoms with Crippen LogP contribution in [0.15, 0.2) is 48.9 Å². The summed E-state index contributed by atoms with van der Waals surface area (Å²) in [6.45, 7) is 5.15. The zero-order valence-corrected chi connectivity index (χ0v) is 18.3. The molecule has 1 saturated heterocycles. The van der Waals surface area contributed by atoms with Crippen LogP contribution in [0, 0.1) is 0 Å². The Labute approximate surface area is 186 Å². The normalized spacial score (nSPS) is 14.6. The molecule has 3 N–H and O–H groups in total. The molecule has 1 aliphatic heterocycles. The molecule has 3 aromatic heterocycles. The van der Waals surface area contributed by atoms with Crippen molar-refractivity contribution in [2.24, 2.45) is 0 Å². The number of rotatable bonds is 6. The number of piperazine rings is 1. The maximum Gasteiger partial charge on any atom is 0.206 e. The van der Waals surface area contributed by atoms with Gasteiger partial charge in [-0.05, 0) is 29.8 Å². The summed E-state index contributed by atoms with van der Waals surface area (Å²) in [4.78, 5) is 25.9. The van der Waals surface area contributed by atoms with Gasteiger partial charge >= 0.3 is 0 Å². The molecule has 0 atom stereocenters. The number of imidazole rings is 1. The molecule has 32 heavy (non-hydrogen) atoms. The fraction of sp³-hybridized carbons (Fsp3) is 0.304. The Bertz CT molecular complexity index is 1210. The molecule has 164 valence electrons. The van der Waals surface area contributed by atoms with E-state index in [-0.39, 0.29) is 0 Å². The first-order valence-electron chi connectivity index (χ1n) is 10.8. The van der Waals surface area contributed by atoms with Crippen LogP contribution in [0.5, 0.6) is 0 Å². The summed E-state index contributed by atoms with van der Waals surface area (Å²) in [7, 11) is 3.93. The van der Waals surface area contributed by atoms with Gasteiger partial charge in [-0.3, -0.25) is 9.88 Å². The number of aromatic amines is 1. The third-order valence-corrected chi connectivity index (χ3v) is 5.54. The van der Waals surface area contributed by atoms with Crippen molar-refractivity contribution in [1.82, 2.24) is 35.1 Å². The van der Waals surface area contributed by atoms with Crippen LogP contribution in [0.3, 0.4) is 0 Å². The van der Waals surface area contributed by atoms with Crippen LogP contribution in [0.2, 0.25) is 0 Å². The van der Waals surface area contributed by atoms with Crippen LogP contribution in [0.25, 0.3) is 22.3 Å². The number of fused-ring (bicyclic) bond motifs is 1. The highest BCUT2D eigenvalue weighted by atomic mass is 15.2. The summed E-state index contributed by atoms with van der Waals surface area (Å²) in [5, 5.41) is 6.71. The lowest BCUT2D eigenvalue weighted by Crippen LogP contribution is -2.42. The number of nitrogens with one attached hydrogen (secondary N) is 3. The fourth-order valence-corrected chi connectivity index (χ4v) is 3.97. The van der Waals surface area contributed by atoms with E-state index >= 15 is 0 Å². The van der Waals surface area contributed by atoms with Crippen molar-refractivity contribution in [3.05, 3.63) is 54.5 Å². The van der Waals surface area contributed by atoms with Gasteiger partial charge in [0.2, 0.25) is 5.95 Å². The first-order valence-corrected chi connectivity index (χ1v) is 10.8. The van der Waals surface area contributed by atoms with Crippen molar-refractivity contribution < 1.29 is 0 Å². The molecule has 4 aromatic rings. The van der Waals surface area contributed by atoms with Crippen LogP contribution in [-0.4, -0.2) is 70.1 Å². The maximum absolute atomic E-state index is 4.67. The highest BCUT2D eigenvalue weighted by Gasteiger charge is 2.13. The standard InChI is InChI=1S/C23H27N9/c1-31(2)22-21(26-7-8-27-22)17-3-4-18-19(14-17)29-23(28-18)30-20-13-16(5-6-25-20)15-32-11-9-24-10-12-32/h3-8,13-14,24H,9-12,15H2,1-2H3,(H2,25,28,29,30). The quantitative estimate of drug-likeness (QED) is 0.430. The lowest BCUT2D eigenvalue weighted by Gasteiger charge is -2.27. The first kappa shape index (κ1) is 20.3. The Hall–Kier alpha value is -3.56. The number of benzene rings is 1. The lowest BCUT2D eigenvalue weighted by molar-refractivity contribution is 0.233. The number of H-pyrrole nitrogens is 1. The Morgan fingerprint density at radius 2 is 1.84 bits per heavy atom. The highest BCUT2D eigenvalue weighted by molar-refractivity contribution is 5.85. The van der Waals surface area contributed by atoms with Gasteiger partial charge in [0.05, 0.1) is 11.0 Å². The average Bonchev–Trinajstić information content (AvgIpc) is 3.21. The molecule has 0 amide bonds. The molecule has 4 heterocycles. The van der Waals surface area contributed by atoms with E-state index in [0.717, 1.165) is 66.7 Å². The van der Waals surface area contributed by atoms with Gasteiger partial charge in [-0.1, -0.05) is 6.07 Å². The minimum absolute atomic E-state index is 0.663. The van der Waals surface area contributed by atoms with Crippen LogP contribution < -0.4 is 15.5 Å². The average molecular weight is 430 g/mol. The molecular formula is C23H27N9. The second kappa shape index (κ2) is 8.89. The topological polar surface area (TPSA) is 97.9 Å². The monoisotopic (exact) mass is 429 g/mol. The summed E-state index contributed by atoms with van der Waals surface area (Å²) in [6.07, 6.45) is 5.27. The van der Waals surface area contributed by atoms with Crippen LogP contribution in [-0.2, 0) is 6.54 Å². The molecule has 0 unspecified atom stereocenters. The summed E-state index contributed by atoms with van der Waals surface area (Å²) in [5.41, 5.74) is 4.87. The molecule has 0 saturated carbocycles. The Morgan fingerprint density at radius 1 is 1.00 bits per heavy atom. The zero-order valence-electron chi connectivity index (χ0n) is 18.3. The lowest BCUT2D eigenvalue weighted by atomic mass is 10.1. The van der Waals surface area contributed by atoms with E-state index in [1.165, 1.54) is 5.56 Å². The molecule has 1 aromatic carbocycles. The summed E-state index contributed by atoms with van der Waals surface area (Å²) >= 11 is 0. The van der Waals surface area contributed by atoms with Gasteiger partial charge in [0, 0.05) is 71.0 Å². The molecule has 0 aliphatic carbocycles. The number of aromatic nitrogens is 5. The molecular weight excluding hydrogens is 402 g/mol. The number of hydrogen-bond donors (Lipinski definition) is 3. The van der Waals surface area contributed by atoms with Crippen LogP contribution in [0.1, 0.15) is 5.56 Å². The van der Waals surface area contributed by atoms with Crippen LogP contribution in [0.4, 0.5) is 17.6 Å². The van der Waals surface area contributed by atoms with Crippen LogP contribution >= 0.6 is 0 Å². The van der Waals surface area contributed by atoms with Gasteiger partial charge in [0.1, 0.15) is 11.5 Å². The van der Waals surface area contributed by atoms with Crippen molar-refractivity contribution in [2.45, 2.75) is 6.54 Å². The second-order valence-electron chi connectivity index (χ2n) is 8.14. The number of anilines is 3. The Morgan fingerprint density at radius 3 is 2.69 bits per heavy atom. The third kappa shape index (κ3) is 4.39. The van der Waals surface area contributed by atoms with Gasteiger partial charge in [-0.25, -0.2) is 15.0 Å². The van der Waals surface area contributed by atoms with Gasteiger partial charge in [-0.15, -0.1) is 0 Å². The zero-order chi connectivity index (χ0) is 21.9. The van der Waals surface area contributed by atoms with Crippen molar-refractivity contribution in [3.8, 4) is 11.3 Å². The minimum atomic E-state index is 0.663. The molecule has 9 nitrogen and oxygen atoms in total. The Balaban J connectivity index is 1.36. The number of pyridine rings is 1. The smallest absolute Gasteiger partial charge is 0.206 e. The number of hydrogen-bond acceptors (Lipinski definition) is 8. The third-order valence-electron chi connectivity index (χ3n) is 5.54. The number of nitrogens with zero attached hydrogens (tertiary/aromatic N) is 6. The van der Waals surface area contributed by atoms with Crippen molar-refractivity contribution in [3.63, 3.8) is 0 Å². The summed E-state index contributed by atoms with van der Waals surface area (Å²) in [6, 6.07) is 10.2. The van der Waals surface area contributed by atoms with E-state index in [1.54, 1.807) is 12.4 Å². The van der Waals surface area contributed by atoms with Gasteiger partial charge in [0.15, 0.2) is 5.82 Å². The SMILES string of the molecule is CN(C)c1nccnc1-c1ccc2nc(Nc3cc(CN4CCNCC4)ccn3)[nH]c2c1. The fourth-order valence-electron chi connectivity index (χ4n) is 3.97.